The zero-order valence-electron chi connectivity index (χ0n) is 32.9. The van der Waals surface area contributed by atoms with Crippen LogP contribution < -0.4 is 4.90 Å². The van der Waals surface area contributed by atoms with Crippen molar-refractivity contribution in [1.29, 1.82) is 0 Å². The summed E-state index contributed by atoms with van der Waals surface area (Å²) in [5, 5.41) is 4.78. The highest BCUT2D eigenvalue weighted by Crippen LogP contribution is 2.30. The molecule has 1 aromatic heterocycles. The first-order chi connectivity index (χ1) is 27.9. The Morgan fingerprint density at radius 3 is 1.84 bits per heavy atom. The maximum Gasteiger partial charge on any atom is 0.241 e. The van der Waals surface area contributed by atoms with Gasteiger partial charge in [0.05, 0.1) is 41.8 Å². The third kappa shape index (κ3) is 9.60. The molecule has 5 aliphatic heterocycles. The maximum atomic E-state index is 13.5. The van der Waals surface area contributed by atoms with E-state index < -0.39 is 0 Å². The first-order valence-corrected chi connectivity index (χ1v) is 22.6. The summed E-state index contributed by atoms with van der Waals surface area (Å²) in [6.07, 6.45) is 1.29. The van der Waals surface area contributed by atoms with E-state index in [0.717, 1.165) is 99.0 Å². The molecule has 13 heteroatoms. The molecule has 9 rings (SSSR count). The van der Waals surface area contributed by atoms with Crippen LogP contribution in [0.2, 0.25) is 0 Å². The van der Waals surface area contributed by atoms with Crippen molar-refractivity contribution in [3.63, 3.8) is 0 Å². The molecule has 0 unspecified atom stereocenters. The molecule has 3 atom stereocenters. The number of nitrogens with zero attached hydrogens (tertiary/aromatic N) is 8. The number of benzene rings is 3. The third-order valence-electron chi connectivity index (χ3n) is 11.7. The highest BCUT2D eigenvalue weighted by molar-refractivity contribution is 7.99. The van der Waals surface area contributed by atoms with Crippen LogP contribution in [0.25, 0.3) is 5.69 Å². The van der Waals surface area contributed by atoms with Gasteiger partial charge in [-0.05, 0) is 36.6 Å². The van der Waals surface area contributed by atoms with Gasteiger partial charge in [-0.25, -0.2) is 4.68 Å². The van der Waals surface area contributed by atoms with Crippen LogP contribution in [0.4, 0.5) is 5.82 Å². The molecule has 0 aliphatic carbocycles. The van der Waals surface area contributed by atoms with E-state index in [1.54, 1.807) is 11.8 Å². The summed E-state index contributed by atoms with van der Waals surface area (Å²) in [5.41, 5.74) is 4.57. The van der Waals surface area contributed by atoms with Crippen LogP contribution in [0.1, 0.15) is 29.7 Å². The molecule has 300 valence electrons. The molecule has 5 fully saturated rings. The summed E-state index contributed by atoms with van der Waals surface area (Å²) < 4.78 is 2.07. The van der Waals surface area contributed by atoms with Crippen LogP contribution in [0.15, 0.2) is 97.1 Å². The average Bonchev–Trinajstić information content (AvgIpc) is 4.11. The number of likely N-dealkylation sites (tertiary alicyclic amines) is 2. The number of carbonyl (C=O) groups excluding carboxylic acids is 3. The average molecular weight is 807 g/mol. The smallest absolute Gasteiger partial charge is 0.241 e. The van der Waals surface area contributed by atoms with Crippen LogP contribution in [0.3, 0.4) is 0 Å². The molecule has 3 aromatic carbocycles. The molecule has 5 aliphatic rings. The number of thioether (sulfide) groups is 2. The van der Waals surface area contributed by atoms with Crippen LogP contribution in [-0.2, 0) is 27.5 Å². The van der Waals surface area contributed by atoms with Crippen LogP contribution in [0, 0.1) is 6.92 Å². The fraction of sp³-hybridized carbons (Fsp3) is 0.455. The number of rotatable bonds is 9. The van der Waals surface area contributed by atoms with Crippen molar-refractivity contribution in [2.75, 3.05) is 80.5 Å². The second-order valence-corrected chi connectivity index (χ2v) is 17.8. The lowest BCUT2D eigenvalue weighted by molar-refractivity contribution is -0.135. The Kier molecular flexibility index (Phi) is 13.0. The topological polar surface area (TPSA) is 88.5 Å². The summed E-state index contributed by atoms with van der Waals surface area (Å²) in [5.74, 6) is 5.45. The molecule has 57 heavy (non-hydrogen) atoms. The summed E-state index contributed by atoms with van der Waals surface area (Å²) in [7, 11) is 0. The largest absolute Gasteiger partial charge is 0.354 e. The van der Waals surface area contributed by atoms with E-state index in [1.807, 2.05) is 58.0 Å². The molecule has 0 N–H and O–H groups in total. The molecule has 2 amide bonds. The van der Waals surface area contributed by atoms with E-state index in [2.05, 4.69) is 91.9 Å². The van der Waals surface area contributed by atoms with Gasteiger partial charge in [0.25, 0.3) is 0 Å². The van der Waals surface area contributed by atoms with Gasteiger partial charge in [-0.1, -0.05) is 78.9 Å². The number of aryl methyl sites for hydroxylation is 1. The first-order valence-electron chi connectivity index (χ1n) is 20.3. The Morgan fingerprint density at radius 2 is 1.26 bits per heavy atom. The van der Waals surface area contributed by atoms with E-state index in [4.69, 9.17) is 5.10 Å². The van der Waals surface area contributed by atoms with E-state index >= 15 is 0 Å². The van der Waals surface area contributed by atoms with Crippen LogP contribution in [0.5, 0.6) is 0 Å². The number of para-hydroxylation sites is 1. The van der Waals surface area contributed by atoms with Crippen molar-refractivity contribution in [2.45, 2.75) is 51.0 Å². The Bertz CT molecular complexity index is 1950. The lowest BCUT2D eigenvalue weighted by Gasteiger charge is -2.39. The number of Topliss-reactive ketones (excluding diaryl/α,β-unsaturated/α-hetero) is 1. The van der Waals surface area contributed by atoms with Gasteiger partial charge < -0.3 is 14.7 Å². The third-order valence-corrected chi connectivity index (χ3v) is 13.7. The summed E-state index contributed by atoms with van der Waals surface area (Å²) in [6.45, 7) is 10.6. The summed E-state index contributed by atoms with van der Waals surface area (Å²) in [4.78, 5) is 51.3. The van der Waals surface area contributed by atoms with Crippen molar-refractivity contribution in [2.24, 2.45) is 0 Å². The molecule has 11 nitrogen and oxygen atoms in total. The van der Waals surface area contributed by atoms with Gasteiger partial charge in [0.2, 0.25) is 11.8 Å². The van der Waals surface area contributed by atoms with Gasteiger partial charge >= 0.3 is 0 Å². The van der Waals surface area contributed by atoms with Crippen molar-refractivity contribution < 1.29 is 14.4 Å². The molecule has 0 spiro atoms. The highest BCUT2D eigenvalue weighted by Gasteiger charge is 2.42. The van der Waals surface area contributed by atoms with Gasteiger partial charge in [0.1, 0.15) is 11.6 Å². The molecule has 0 bridgehead atoms. The Hall–Kier alpha value is -4.14. The lowest BCUT2D eigenvalue weighted by atomic mass is 10.1. The first kappa shape index (κ1) is 39.7. The molecular weight excluding hydrogens is 753 g/mol. The Balaban J connectivity index is 0.000000192. The number of piperazine rings is 1. The zero-order valence-corrected chi connectivity index (χ0v) is 34.5. The second-order valence-electron chi connectivity index (χ2n) is 15.7. The molecule has 0 saturated carbocycles. The number of carbonyl (C=O) groups is 3. The SMILES string of the molecule is Cc1cc(N2CCN([C@H]3C[C@@H](C(=O)N4CCSC4)N(Cc4ccccc4)C3)CC2)n(-c2ccccc2)n1.O=C1C[C@@H](C(=O)N2CCSC2)N(Cc2ccccc2)C1. The molecule has 0 radical (unpaired) electrons. The minimum Gasteiger partial charge on any atom is -0.354 e. The fourth-order valence-electron chi connectivity index (χ4n) is 8.75. The normalized spacial score (nSPS) is 23.3. The predicted octanol–water partition coefficient (Wildman–Crippen LogP) is 4.84. The quantitative estimate of drug-likeness (QED) is 0.234. The van der Waals surface area contributed by atoms with Crippen molar-refractivity contribution in [1.82, 2.24) is 34.3 Å². The number of aromatic nitrogens is 2. The number of hydrogen-bond donors (Lipinski definition) is 0. The van der Waals surface area contributed by atoms with E-state index in [-0.39, 0.29) is 23.8 Å². The molecular formula is C44H54N8O3S2. The summed E-state index contributed by atoms with van der Waals surface area (Å²) in [6, 6.07) is 33.4. The minimum absolute atomic E-state index is 0.0240. The van der Waals surface area contributed by atoms with Gasteiger partial charge in [-0.15, -0.1) is 23.5 Å². The Morgan fingerprint density at radius 1 is 0.702 bits per heavy atom. The summed E-state index contributed by atoms with van der Waals surface area (Å²) >= 11 is 3.64. The number of amides is 2. The number of hydrogen-bond acceptors (Lipinski definition) is 10. The predicted molar refractivity (Wildman–Crippen MR) is 229 cm³/mol. The Labute approximate surface area is 345 Å². The van der Waals surface area contributed by atoms with Crippen LogP contribution >= 0.6 is 23.5 Å². The maximum absolute atomic E-state index is 13.5. The monoisotopic (exact) mass is 806 g/mol. The highest BCUT2D eigenvalue weighted by atomic mass is 32.2. The lowest BCUT2D eigenvalue weighted by Crippen LogP contribution is -2.51. The number of anilines is 1. The number of ketones is 1. The second kappa shape index (κ2) is 18.6. The standard InChI is InChI=1S/C29H36N6OS.C15H18N2O2S/c1-23-18-28(35(30-23)25-10-6-3-7-11-25)32-14-12-31(13-15-32)26-19-27(29(36)33-16-17-37-22-33)34(21-26)20-24-8-4-2-5-9-24;18-13-8-14(15(19)16-6-7-20-11-16)17(10-13)9-12-4-2-1-3-5-12/h2-11,18,26-27H,12-17,19-22H2,1H3;1-5,14H,6-11H2/t26-,27-;14-/m00/s1. The van der Waals surface area contributed by atoms with Gasteiger partial charge in [-0.2, -0.15) is 5.10 Å². The van der Waals surface area contributed by atoms with Gasteiger partial charge in [-0.3, -0.25) is 29.1 Å². The molecule has 4 aromatic rings. The molecule has 6 heterocycles. The fourth-order valence-corrected chi connectivity index (χ4v) is 10.7. The minimum atomic E-state index is -0.263. The van der Waals surface area contributed by atoms with Crippen molar-refractivity contribution in [3.05, 3.63) is 114 Å². The zero-order chi connectivity index (χ0) is 39.1. The van der Waals surface area contributed by atoms with Crippen molar-refractivity contribution >= 4 is 46.9 Å². The van der Waals surface area contributed by atoms with Gasteiger partial charge in [0.15, 0.2) is 0 Å². The van der Waals surface area contributed by atoms with Crippen LogP contribution in [-0.4, -0.2) is 146 Å². The van der Waals surface area contributed by atoms with E-state index in [0.29, 0.717) is 31.5 Å². The molecule has 5 saturated heterocycles. The van der Waals surface area contributed by atoms with Crippen molar-refractivity contribution in [3.8, 4) is 5.69 Å². The van der Waals surface area contributed by atoms with E-state index in [9.17, 15) is 14.4 Å². The van der Waals surface area contributed by atoms with Gasteiger partial charge in [0, 0.05) is 88.9 Å². The van der Waals surface area contributed by atoms with E-state index in [1.165, 1.54) is 11.4 Å².